The summed E-state index contributed by atoms with van der Waals surface area (Å²) in [5, 5.41) is 7.64. The van der Waals surface area contributed by atoms with Gasteiger partial charge in [0.2, 0.25) is 0 Å². The zero-order chi connectivity index (χ0) is 18.8. The summed E-state index contributed by atoms with van der Waals surface area (Å²) in [5.41, 5.74) is 1.12. The SMILES string of the molecule is CN=C(NCC(c1cnn(C)c1)N(C)C)N1CCS(=O)(=O)C(C)(C)C1. The summed E-state index contributed by atoms with van der Waals surface area (Å²) < 4.78 is 25.4. The van der Waals surface area contributed by atoms with E-state index in [2.05, 4.69) is 20.3 Å². The van der Waals surface area contributed by atoms with Crippen LogP contribution in [0.4, 0.5) is 0 Å². The van der Waals surface area contributed by atoms with Gasteiger partial charge in [-0.25, -0.2) is 8.42 Å². The predicted octanol–water partition coefficient (Wildman–Crippen LogP) is 0.107. The van der Waals surface area contributed by atoms with Crippen molar-refractivity contribution in [3.63, 3.8) is 0 Å². The lowest BCUT2D eigenvalue weighted by molar-refractivity contribution is 0.291. The van der Waals surface area contributed by atoms with Gasteiger partial charge in [0.1, 0.15) is 0 Å². The molecule has 1 aliphatic heterocycles. The molecule has 8 nitrogen and oxygen atoms in total. The molecule has 0 amide bonds. The summed E-state index contributed by atoms with van der Waals surface area (Å²) in [6.07, 6.45) is 3.87. The molecule has 0 spiro atoms. The first kappa shape index (κ1) is 19.7. The van der Waals surface area contributed by atoms with Crippen LogP contribution in [0.2, 0.25) is 0 Å². The Balaban J connectivity index is 2.07. The van der Waals surface area contributed by atoms with Crippen molar-refractivity contribution in [1.82, 2.24) is 24.9 Å². The molecular formula is C16H30N6O2S. The van der Waals surface area contributed by atoms with Crippen molar-refractivity contribution in [2.45, 2.75) is 24.6 Å². The number of aryl methyl sites for hydroxylation is 1. The maximum absolute atomic E-state index is 12.2. The average Bonchev–Trinajstić information content (AvgIpc) is 2.92. The van der Waals surface area contributed by atoms with E-state index in [4.69, 9.17) is 0 Å². The van der Waals surface area contributed by atoms with E-state index in [1.165, 1.54) is 0 Å². The molecule has 9 heteroatoms. The van der Waals surface area contributed by atoms with Crippen molar-refractivity contribution in [2.24, 2.45) is 12.0 Å². The quantitative estimate of drug-likeness (QED) is 0.598. The summed E-state index contributed by atoms with van der Waals surface area (Å²) in [7, 11) is 4.62. The van der Waals surface area contributed by atoms with E-state index < -0.39 is 14.6 Å². The first-order chi connectivity index (χ1) is 11.6. The summed E-state index contributed by atoms with van der Waals surface area (Å²) >= 11 is 0. The molecule has 2 heterocycles. The monoisotopic (exact) mass is 370 g/mol. The van der Waals surface area contributed by atoms with Gasteiger partial charge in [0, 0.05) is 45.5 Å². The number of rotatable bonds is 4. The van der Waals surface area contributed by atoms with Crippen molar-refractivity contribution in [3.05, 3.63) is 18.0 Å². The molecule has 1 N–H and O–H groups in total. The molecule has 0 aliphatic carbocycles. The number of nitrogens with one attached hydrogen (secondary N) is 1. The summed E-state index contributed by atoms with van der Waals surface area (Å²) in [5.74, 6) is 0.888. The molecule has 0 aromatic carbocycles. The van der Waals surface area contributed by atoms with Crippen molar-refractivity contribution < 1.29 is 8.42 Å². The van der Waals surface area contributed by atoms with Gasteiger partial charge in [-0.15, -0.1) is 0 Å². The lowest BCUT2D eigenvalue weighted by atomic mass is 10.1. The molecule has 0 radical (unpaired) electrons. The predicted molar refractivity (Wildman–Crippen MR) is 100 cm³/mol. The van der Waals surface area contributed by atoms with Crippen molar-refractivity contribution >= 4 is 15.8 Å². The molecular weight excluding hydrogens is 340 g/mol. The second kappa shape index (κ2) is 7.33. The molecule has 1 atom stereocenters. The molecule has 25 heavy (non-hydrogen) atoms. The Hall–Kier alpha value is -1.61. The van der Waals surface area contributed by atoms with Crippen LogP contribution in [0.25, 0.3) is 0 Å². The van der Waals surface area contributed by atoms with Crippen molar-refractivity contribution in [2.75, 3.05) is 46.5 Å². The Morgan fingerprint density at radius 1 is 1.48 bits per heavy atom. The van der Waals surface area contributed by atoms with Gasteiger partial charge in [-0.2, -0.15) is 5.10 Å². The minimum atomic E-state index is -3.06. The van der Waals surface area contributed by atoms with Crippen LogP contribution in [0, 0.1) is 0 Å². The first-order valence-electron chi connectivity index (χ1n) is 8.40. The number of sulfone groups is 1. The zero-order valence-corrected chi connectivity index (χ0v) is 16.8. The van der Waals surface area contributed by atoms with Crippen LogP contribution in [0.5, 0.6) is 0 Å². The average molecular weight is 371 g/mol. The molecule has 1 aromatic rings. The standard InChI is InChI=1S/C16H30N6O2S/c1-16(2)12-22(7-8-25(16,23)24)15(17-3)18-10-14(20(4)5)13-9-19-21(6)11-13/h9,11,14H,7-8,10,12H2,1-6H3,(H,17,18). The molecule has 1 aromatic heterocycles. The van der Waals surface area contributed by atoms with Crippen molar-refractivity contribution in [3.8, 4) is 0 Å². The molecule has 1 saturated heterocycles. The Morgan fingerprint density at radius 2 is 2.16 bits per heavy atom. The fraction of sp³-hybridized carbons (Fsp3) is 0.750. The number of likely N-dealkylation sites (N-methyl/N-ethyl adjacent to an activating group) is 1. The summed E-state index contributed by atoms with van der Waals surface area (Å²) in [6, 6.07) is 0.145. The molecule has 142 valence electrons. The van der Waals surface area contributed by atoms with E-state index in [0.717, 1.165) is 11.5 Å². The van der Waals surface area contributed by atoms with Crippen LogP contribution in [-0.2, 0) is 16.9 Å². The second-order valence-electron chi connectivity index (χ2n) is 7.35. The van der Waals surface area contributed by atoms with Crippen LogP contribution in [-0.4, -0.2) is 85.2 Å². The van der Waals surface area contributed by atoms with Crippen LogP contribution in [0.3, 0.4) is 0 Å². The summed E-state index contributed by atoms with van der Waals surface area (Å²) in [4.78, 5) is 8.50. The smallest absolute Gasteiger partial charge is 0.193 e. The maximum atomic E-state index is 12.2. The Bertz CT molecular complexity index is 723. The third-order valence-corrected chi connectivity index (χ3v) is 7.27. The van der Waals surface area contributed by atoms with Gasteiger partial charge in [-0.3, -0.25) is 9.67 Å². The van der Waals surface area contributed by atoms with Crippen molar-refractivity contribution in [1.29, 1.82) is 0 Å². The van der Waals surface area contributed by atoms with E-state index in [-0.39, 0.29) is 11.8 Å². The summed E-state index contributed by atoms with van der Waals surface area (Å²) in [6.45, 7) is 5.12. The third kappa shape index (κ3) is 4.33. The number of hydrogen-bond acceptors (Lipinski definition) is 5. The number of nitrogens with zero attached hydrogens (tertiary/aromatic N) is 5. The number of aliphatic imine (C=N–C) groups is 1. The van der Waals surface area contributed by atoms with Gasteiger partial charge in [-0.1, -0.05) is 0 Å². The highest BCUT2D eigenvalue weighted by Crippen LogP contribution is 2.24. The van der Waals surface area contributed by atoms with Gasteiger partial charge in [-0.05, 0) is 27.9 Å². The van der Waals surface area contributed by atoms with Crippen LogP contribution >= 0.6 is 0 Å². The largest absolute Gasteiger partial charge is 0.354 e. The lowest BCUT2D eigenvalue weighted by Gasteiger charge is -2.39. The van der Waals surface area contributed by atoms with Crippen LogP contribution < -0.4 is 5.32 Å². The van der Waals surface area contributed by atoms with Gasteiger partial charge in [0.15, 0.2) is 15.8 Å². The highest BCUT2D eigenvalue weighted by atomic mass is 32.2. The lowest BCUT2D eigenvalue weighted by Crippen LogP contribution is -2.57. The topological polar surface area (TPSA) is 82.8 Å². The molecule has 0 saturated carbocycles. The van der Waals surface area contributed by atoms with Crippen LogP contribution in [0.1, 0.15) is 25.5 Å². The zero-order valence-electron chi connectivity index (χ0n) is 16.0. The number of guanidine groups is 1. The molecule has 1 unspecified atom stereocenters. The molecule has 1 fully saturated rings. The van der Waals surface area contributed by atoms with Gasteiger partial charge >= 0.3 is 0 Å². The fourth-order valence-corrected chi connectivity index (χ4v) is 4.42. The Labute approximate surface area is 150 Å². The Morgan fingerprint density at radius 3 is 2.64 bits per heavy atom. The highest BCUT2D eigenvalue weighted by Gasteiger charge is 2.41. The highest BCUT2D eigenvalue weighted by molar-refractivity contribution is 7.92. The fourth-order valence-electron chi connectivity index (χ4n) is 3.06. The van der Waals surface area contributed by atoms with Gasteiger partial charge < -0.3 is 15.1 Å². The first-order valence-corrected chi connectivity index (χ1v) is 10.1. The van der Waals surface area contributed by atoms with Gasteiger partial charge in [0.25, 0.3) is 0 Å². The van der Waals surface area contributed by atoms with Crippen LogP contribution in [0.15, 0.2) is 17.4 Å². The minimum absolute atomic E-state index is 0.145. The number of aromatic nitrogens is 2. The van der Waals surface area contributed by atoms with E-state index in [1.807, 2.05) is 38.4 Å². The van der Waals surface area contributed by atoms with Gasteiger partial charge in [0.05, 0.1) is 22.7 Å². The number of hydrogen-bond donors (Lipinski definition) is 1. The van der Waals surface area contributed by atoms with E-state index in [0.29, 0.717) is 19.6 Å². The van der Waals surface area contributed by atoms with E-state index in [9.17, 15) is 8.42 Å². The minimum Gasteiger partial charge on any atom is -0.354 e. The Kier molecular flexibility index (Phi) is 5.78. The molecule has 1 aliphatic rings. The molecule has 2 rings (SSSR count). The third-order valence-electron chi connectivity index (χ3n) is 4.74. The normalized spacial score (nSPS) is 21.4. The second-order valence-corrected chi connectivity index (χ2v) is 10.1. The van der Waals surface area contributed by atoms with E-state index in [1.54, 1.807) is 25.6 Å². The van der Waals surface area contributed by atoms with E-state index >= 15 is 0 Å². The maximum Gasteiger partial charge on any atom is 0.193 e. The molecule has 0 bridgehead atoms.